The number of likely N-dealkylation sites (N-methyl/N-ethyl adjacent to an activating group) is 1. The summed E-state index contributed by atoms with van der Waals surface area (Å²) < 4.78 is 0.961. The fraction of sp³-hybridized carbons (Fsp3) is 0.231. The Hall–Kier alpha value is -2.08. The lowest BCUT2D eigenvalue weighted by atomic mass is 10.2. The molecule has 2 rings (SSSR count). The van der Waals surface area contributed by atoms with Crippen LogP contribution >= 0.6 is 11.3 Å². The zero-order chi connectivity index (χ0) is 13.8. The molecule has 0 aliphatic rings. The molecule has 2 amide bonds. The molecule has 0 unspecified atom stereocenters. The van der Waals surface area contributed by atoms with Gasteiger partial charge in [0.2, 0.25) is 5.91 Å². The number of thiophene rings is 1. The first-order chi connectivity index (χ1) is 9.13. The van der Waals surface area contributed by atoms with Crippen molar-refractivity contribution < 1.29 is 9.59 Å². The summed E-state index contributed by atoms with van der Waals surface area (Å²) in [5, 5.41) is 6.05. The van der Waals surface area contributed by atoms with Crippen LogP contribution < -0.4 is 16.4 Å². The molecule has 0 saturated heterocycles. The maximum Gasteiger partial charge on any atom is 0.263 e. The van der Waals surface area contributed by atoms with Gasteiger partial charge in [0.15, 0.2) is 0 Å². The molecule has 1 heterocycles. The van der Waals surface area contributed by atoms with E-state index in [9.17, 15) is 9.59 Å². The van der Waals surface area contributed by atoms with Gasteiger partial charge >= 0.3 is 0 Å². The zero-order valence-corrected chi connectivity index (χ0v) is 11.3. The molecule has 19 heavy (non-hydrogen) atoms. The van der Waals surface area contributed by atoms with E-state index < -0.39 is 0 Å². The van der Waals surface area contributed by atoms with E-state index in [1.165, 1.54) is 11.3 Å². The van der Waals surface area contributed by atoms with Crippen LogP contribution in [0.25, 0.3) is 10.1 Å². The number of hydrogen-bond donors (Lipinski definition) is 3. The van der Waals surface area contributed by atoms with Gasteiger partial charge in [0, 0.05) is 16.6 Å². The number of anilines is 1. The first-order valence-corrected chi connectivity index (χ1v) is 6.77. The van der Waals surface area contributed by atoms with E-state index in [4.69, 9.17) is 5.73 Å². The van der Waals surface area contributed by atoms with Gasteiger partial charge in [-0.15, -0.1) is 11.3 Å². The van der Waals surface area contributed by atoms with Gasteiger partial charge < -0.3 is 16.4 Å². The summed E-state index contributed by atoms with van der Waals surface area (Å²) in [5.74, 6) is -0.527. The van der Waals surface area contributed by atoms with Crippen LogP contribution in [0.1, 0.15) is 16.6 Å². The largest absolute Gasteiger partial charge is 0.397 e. The first kappa shape index (κ1) is 13.4. The van der Waals surface area contributed by atoms with Gasteiger partial charge in [0.05, 0.1) is 12.2 Å². The van der Waals surface area contributed by atoms with Crippen molar-refractivity contribution in [3.8, 4) is 0 Å². The van der Waals surface area contributed by atoms with Crippen LogP contribution in [-0.4, -0.2) is 24.9 Å². The third kappa shape index (κ3) is 2.85. The molecule has 2 aromatic rings. The minimum Gasteiger partial charge on any atom is -0.397 e. The fourth-order valence-electron chi connectivity index (χ4n) is 1.73. The normalized spacial score (nSPS) is 10.4. The summed E-state index contributed by atoms with van der Waals surface area (Å²) >= 11 is 1.33. The van der Waals surface area contributed by atoms with Gasteiger partial charge in [0.1, 0.15) is 4.88 Å². The predicted molar refractivity (Wildman–Crippen MR) is 77.3 cm³/mol. The number of nitrogen functional groups attached to an aromatic ring is 1. The monoisotopic (exact) mass is 277 g/mol. The molecule has 6 heteroatoms. The minimum absolute atomic E-state index is 0.0413. The molecule has 0 bridgehead atoms. The minimum atomic E-state index is -0.315. The van der Waals surface area contributed by atoms with Crippen LogP contribution in [0.3, 0.4) is 0 Å². The number of nitrogens with one attached hydrogen (secondary N) is 2. The molecule has 1 aromatic heterocycles. The quantitative estimate of drug-likeness (QED) is 0.788. The second-order valence-electron chi connectivity index (χ2n) is 3.98. The fourth-order valence-corrected chi connectivity index (χ4v) is 2.77. The topological polar surface area (TPSA) is 84.2 Å². The Morgan fingerprint density at radius 1 is 1.26 bits per heavy atom. The van der Waals surface area contributed by atoms with Crippen molar-refractivity contribution >= 4 is 38.9 Å². The Morgan fingerprint density at radius 2 is 2.00 bits per heavy atom. The zero-order valence-electron chi connectivity index (χ0n) is 10.5. The van der Waals surface area contributed by atoms with Crippen molar-refractivity contribution in [3.05, 3.63) is 29.1 Å². The molecule has 1 aromatic carbocycles. The van der Waals surface area contributed by atoms with Crippen LogP contribution in [0.15, 0.2) is 24.3 Å². The van der Waals surface area contributed by atoms with Gasteiger partial charge in [0.25, 0.3) is 5.91 Å². The van der Waals surface area contributed by atoms with Gasteiger partial charge in [-0.2, -0.15) is 0 Å². The van der Waals surface area contributed by atoms with Crippen LogP contribution in [0.4, 0.5) is 5.69 Å². The van der Waals surface area contributed by atoms with Gasteiger partial charge in [-0.1, -0.05) is 18.2 Å². The van der Waals surface area contributed by atoms with Crippen molar-refractivity contribution in [2.45, 2.75) is 6.92 Å². The summed E-state index contributed by atoms with van der Waals surface area (Å²) in [6.45, 7) is 2.32. The van der Waals surface area contributed by atoms with E-state index in [2.05, 4.69) is 10.6 Å². The molecule has 5 nitrogen and oxygen atoms in total. The lowest BCUT2D eigenvalue weighted by Crippen LogP contribution is -2.36. The Morgan fingerprint density at radius 3 is 2.68 bits per heavy atom. The highest BCUT2D eigenvalue weighted by atomic mass is 32.1. The van der Waals surface area contributed by atoms with E-state index >= 15 is 0 Å². The lowest BCUT2D eigenvalue weighted by molar-refractivity contribution is -0.120. The first-order valence-electron chi connectivity index (χ1n) is 5.95. The molecule has 0 aliphatic carbocycles. The van der Waals surface area contributed by atoms with Crippen molar-refractivity contribution in [3.63, 3.8) is 0 Å². The maximum absolute atomic E-state index is 12.0. The predicted octanol–water partition coefficient (Wildman–Crippen LogP) is 1.35. The number of carbonyl (C=O) groups excluding carboxylic acids is 2. The van der Waals surface area contributed by atoms with Crippen LogP contribution in [-0.2, 0) is 4.79 Å². The highest BCUT2D eigenvalue weighted by Crippen LogP contribution is 2.33. The molecule has 100 valence electrons. The van der Waals surface area contributed by atoms with Crippen molar-refractivity contribution in [1.29, 1.82) is 0 Å². The molecule has 0 aliphatic heterocycles. The summed E-state index contributed by atoms with van der Waals surface area (Å²) in [6.07, 6.45) is 0. The van der Waals surface area contributed by atoms with Gasteiger partial charge in [-0.3, -0.25) is 9.59 Å². The summed E-state index contributed by atoms with van der Waals surface area (Å²) in [5.41, 5.74) is 6.42. The second-order valence-corrected chi connectivity index (χ2v) is 5.03. The lowest BCUT2D eigenvalue weighted by Gasteiger charge is -2.04. The maximum atomic E-state index is 12.0. The third-order valence-electron chi connectivity index (χ3n) is 2.62. The smallest absolute Gasteiger partial charge is 0.263 e. The number of nitrogens with two attached hydrogens (primary N) is 1. The Balaban J connectivity index is 2.13. The molecular weight excluding hydrogens is 262 g/mol. The van der Waals surface area contributed by atoms with E-state index in [0.717, 1.165) is 10.1 Å². The molecule has 0 radical (unpaired) electrons. The highest BCUT2D eigenvalue weighted by Gasteiger charge is 2.16. The second kappa shape index (κ2) is 5.71. The van der Waals surface area contributed by atoms with Crippen molar-refractivity contribution in [2.75, 3.05) is 18.8 Å². The van der Waals surface area contributed by atoms with Crippen molar-refractivity contribution in [1.82, 2.24) is 10.6 Å². The third-order valence-corrected chi connectivity index (χ3v) is 3.81. The Labute approximate surface area is 114 Å². The number of benzene rings is 1. The molecule has 0 fully saturated rings. The standard InChI is InChI=1S/C13H15N3O2S/c1-2-15-10(17)7-16-13(18)12-11(14)8-5-3-4-6-9(8)19-12/h3-6H,2,7,14H2,1H3,(H,15,17)(H,16,18). The molecule has 0 spiro atoms. The van der Waals surface area contributed by atoms with Crippen molar-refractivity contribution in [2.24, 2.45) is 0 Å². The number of rotatable bonds is 4. The van der Waals surface area contributed by atoms with Gasteiger partial charge in [-0.25, -0.2) is 0 Å². The molecule has 0 saturated carbocycles. The summed E-state index contributed by atoms with van der Waals surface area (Å²) in [7, 11) is 0. The number of fused-ring (bicyclic) bond motifs is 1. The SMILES string of the molecule is CCNC(=O)CNC(=O)c1sc2ccccc2c1N. The highest BCUT2D eigenvalue weighted by molar-refractivity contribution is 7.21. The summed E-state index contributed by atoms with van der Waals surface area (Å²) in [6, 6.07) is 7.56. The Kier molecular flexibility index (Phi) is 4.01. The number of hydrogen-bond acceptors (Lipinski definition) is 4. The van der Waals surface area contributed by atoms with Crippen LogP contribution in [0.5, 0.6) is 0 Å². The number of carbonyl (C=O) groups is 2. The van der Waals surface area contributed by atoms with E-state index in [1.54, 1.807) is 0 Å². The average molecular weight is 277 g/mol. The van der Waals surface area contributed by atoms with Gasteiger partial charge in [-0.05, 0) is 13.0 Å². The van der Waals surface area contributed by atoms with E-state index in [0.29, 0.717) is 17.1 Å². The Bertz CT molecular complexity index is 621. The average Bonchev–Trinajstić information content (AvgIpc) is 2.74. The van der Waals surface area contributed by atoms with E-state index in [1.807, 2.05) is 31.2 Å². The van der Waals surface area contributed by atoms with Crippen LogP contribution in [0, 0.1) is 0 Å². The molecular formula is C13H15N3O2S. The van der Waals surface area contributed by atoms with Crippen LogP contribution in [0.2, 0.25) is 0 Å². The molecule has 0 atom stereocenters. The number of amides is 2. The summed E-state index contributed by atoms with van der Waals surface area (Å²) in [4.78, 5) is 23.7. The van der Waals surface area contributed by atoms with E-state index in [-0.39, 0.29) is 18.4 Å². The molecule has 4 N–H and O–H groups in total.